The lowest BCUT2D eigenvalue weighted by Crippen LogP contribution is -2.10. The van der Waals surface area contributed by atoms with E-state index < -0.39 is 0 Å². The largest absolute Gasteiger partial charge is 0.284 e. The van der Waals surface area contributed by atoms with Crippen molar-refractivity contribution in [1.29, 1.82) is 0 Å². The maximum atomic E-state index is 11.6. The molecule has 0 atom stereocenters. The van der Waals surface area contributed by atoms with Gasteiger partial charge < -0.3 is 0 Å². The molecule has 0 bridgehead atoms. The van der Waals surface area contributed by atoms with Crippen molar-refractivity contribution in [2.45, 2.75) is 0 Å². The standard InChI is InChI=1S/C13H9NO/c15-13-7-3-6-12-11-5-2-1-4-10(11)8-9-14(12)13/h1-9H. The number of hydrogen-bond acceptors (Lipinski definition) is 1. The van der Waals surface area contributed by atoms with Crippen LogP contribution in [0.4, 0.5) is 0 Å². The van der Waals surface area contributed by atoms with Gasteiger partial charge in [-0.15, -0.1) is 0 Å². The van der Waals surface area contributed by atoms with Gasteiger partial charge in [0.1, 0.15) is 0 Å². The van der Waals surface area contributed by atoms with Gasteiger partial charge in [-0.1, -0.05) is 30.3 Å². The molecule has 0 saturated heterocycles. The summed E-state index contributed by atoms with van der Waals surface area (Å²) < 4.78 is 1.67. The zero-order valence-electron chi connectivity index (χ0n) is 8.05. The molecule has 2 nitrogen and oxygen atoms in total. The highest BCUT2D eigenvalue weighted by atomic mass is 16.1. The van der Waals surface area contributed by atoms with Gasteiger partial charge in [0, 0.05) is 17.6 Å². The van der Waals surface area contributed by atoms with Crippen LogP contribution in [0.5, 0.6) is 0 Å². The third-order valence-corrected chi connectivity index (χ3v) is 2.63. The molecule has 2 heterocycles. The van der Waals surface area contributed by atoms with Gasteiger partial charge >= 0.3 is 0 Å². The van der Waals surface area contributed by atoms with E-state index >= 15 is 0 Å². The van der Waals surface area contributed by atoms with Crippen LogP contribution in [0.2, 0.25) is 0 Å². The van der Waals surface area contributed by atoms with E-state index in [9.17, 15) is 4.79 Å². The zero-order chi connectivity index (χ0) is 10.3. The molecule has 72 valence electrons. The van der Waals surface area contributed by atoms with Gasteiger partial charge in [0.15, 0.2) is 0 Å². The Kier molecular flexibility index (Phi) is 1.62. The molecule has 2 aromatic heterocycles. The third-order valence-electron chi connectivity index (χ3n) is 2.63. The van der Waals surface area contributed by atoms with Crippen molar-refractivity contribution < 1.29 is 0 Å². The summed E-state index contributed by atoms with van der Waals surface area (Å²) in [6, 6.07) is 15.4. The summed E-state index contributed by atoms with van der Waals surface area (Å²) in [4.78, 5) is 11.6. The molecule has 0 aliphatic rings. The fourth-order valence-corrected chi connectivity index (χ4v) is 1.90. The maximum Gasteiger partial charge on any atom is 0.255 e. The van der Waals surface area contributed by atoms with E-state index in [0.717, 1.165) is 16.3 Å². The first-order valence-corrected chi connectivity index (χ1v) is 4.85. The Bertz CT molecular complexity index is 697. The fourth-order valence-electron chi connectivity index (χ4n) is 1.90. The molecule has 3 aromatic rings. The molecule has 3 rings (SSSR count). The lowest BCUT2D eigenvalue weighted by Gasteiger charge is -2.03. The summed E-state index contributed by atoms with van der Waals surface area (Å²) >= 11 is 0. The van der Waals surface area contributed by atoms with E-state index in [1.54, 1.807) is 16.5 Å². The topological polar surface area (TPSA) is 21.5 Å². The Hall–Kier alpha value is -2.09. The molecule has 0 fully saturated rings. The third kappa shape index (κ3) is 1.15. The molecule has 0 aliphatic heterocycles. The quantitative estimate of drug-likeness (QED) is 0.505. The van der Waals surface area contributed by atoms with Gasteiger partial charge in [0.2, 0.25) is 0 Å². The number of benzene rings is 1. The molecular weight excluding hydrogens is 186 g/mol. The van der Waals surface area contributed by atoms with Crippen molar-refractivity contribution >= 4 is 16.3 Å². The van der Waals surface area contributed by atoms with Crippen molar-refractivity contribution in [2.75, 3.05) is 0 Å². The monoisotopic (exact) mass is 195 g/mol. The van der Waals surface area contributed by atoms with Crippen molar-refractivity contribution in [1.82, 2.24) is 4.40 Å². The Labute approximate surface area is 86.4 Å². The van der Waals surface area contributed by atoms with Crippen molar-refractivity contribution in [3.63, 3.8) is 0 Å². The first-order valence-electron chi connectivity index (χ1n) is 4.85. The normalized spacial score (nSPS) is 10.9. The summed E-state index contributed by atoms with van der Waals surface area (Å²) in [5.74, 6) is 0. The second kappa shape index (κ2) is 2.95. The van der Waals surface area contributed by atoms with Crippen LogP contribution in [0, 0.1) is 0 Å². The van der Waals surface area contributed by atoms with Gasteiger partial charge in [-0.25, -0.2) is 0 Å². The molecule has 0 radical (unpaired) electrons. The Balaban J connectivity index is 2.67. The number of fused-ring (bicyclic) bond motifs is 3. The van der Waals surface area contributed by atoms with Crippen LogP contribution < -0.4 is 5.56 Å². The Morgan fingerprint density at radius 2 is 1.73 bits per heavy atom. The number of nitrogens with zero attached hydrogens (tertiary/aromatic N) is 1. The minimum absolute atomic E-state index is 0.0123. The second-order valence-corrected chi connectivity index (χ2v) is 3.52. The molecule has 2 heteroatoms. The summed E-state index contributed by atoms with van der Waals surface area (Å²) in [6.45, 7) is 0. The first kappa shape index (κ1) is 8.24. The highest BCUT2D eigenvalue weighted by Crippen LogP contribution is 2.17. The van der Waals surface area contributed by atoms with Crippen LogP contribution in [-0.4, -0.2) is 4.40 Å². The molecule has 1 aromatic carbocycles. The van der Waals surface area contributed by atoms with Crippen molar-refractivity contribution in [3.05, 3.63) is 65.1 Å². The van der Waals surface area contributed by atoms with Crippen LogP contribution in [0.1, 0.15) is 0 Å². The minimum atomic E-state index is 0.0123. The smallest absolute Gasteiger partial charge is 0.255 e. The fraction of sp³-hybridized carbons (Fsp3) is 0. The van der Waals surface area contributed by atoms with Gasteiger partial charge in [0.05, 0.1) is 5.52 Å². The lowest BCUT2D eigenvalue weighted by molar-refractivity contribution is 1.11. The van der Waals surface area contributed by atoms with Crippen molar-refractivity contribution in [2.24, 2.45) is 0 Å². The van der Waals surface area contributed by atoms with Crippen LogP contribution >= 0.6 is 0 Å². The van der Waals surface area contributed by atoms with Crippen LogP contribution in [0.15, 0.2) is 59.5 Å². The van der Waals surface area contributed by atoms with E-state index in [0.29, 0.717) is 0 Å². The molecule has 0 N–H and O–H groups in total. The SMILES string of the molecule is O=c1cccc2c3ccccc3ccn12. The summed E-state index contributed by atoms with van der Waals surface area (Å²) in [5, 5.41) is 2.26. The highest BCUT2D eigenvalue weighted by Gasteiger charge is 1.99. The van der Waals surface area contributed by atoms with Gasteiger partial charge in [-0.05, 0) is 17.5 Å². The first-order chi connectivity index (χ1) is 7.36. The van der Waals surface area contributed by atoms with E-state index in [4.69, 9.17) is 0 Å². The van der Waals surface area contributed by atoms with Gasteiger partial charge in [0.25, 0.3) is 5.56 Å². The number of hydrogen-bond donors (Lipinski definition) is 0. The van der Waals surface area contributed by atoms with E-state index in [1.165, 1.54) is 0 Å². The predicted octanol–water partition coefficient (Wildman–Crippen LogP) is 2.45. The summed E-state index contributed by atoms with van der Waals surface area (Å²) in [5.41, 5.74) is 0.971. The zero-order valence-corrected chi connectivity index (χ0v) is 8.05. The van der Waals surface area contributed by atoms with Crippen LogP contribution in [0.3, 0.4) is 0 Å². The van der Waals surface area contributed by atoms with Gasteiger partial charge in [-0.3, -0.25) is 9.20 Å². The highest BCUT2D eigenvalue weighted by molar-refractivity contribution is 5.95. The molecular formula is C13H9NO. The lowest BCUT2D eigenvalue weighted by atomic mass is 10.1. The number of aromatic nitrogens is 1. The van der Waals surface area contributed by atoms with Crippen molar-refractivity contribution in [3.8, 4) is 0 Å². The Morgan fingerprint density at radius 1 is 0.867 bits per heavy atom. The molecule has 0 aliphatic carbocycles. The average molecular weight is 195 g/mol. The second-order valence-electron chi connectivity index (χ2n) is 3.52. The van der Waals surface area contributed by atoms with E-state index in [2.05, 4.69) is 0 Å². The average Bonchev–Trinajstić information content (AvgIpc) is 2.29. The molecule has 15 heavy (non-hydrogen) atoms. The molecule has 0 unspecified atom stereocenters. The van der Waals surface area contributed by atoms with Crippen LogP contribution in [-0.2, 0) is 0 Å². The molecule has 0 amide bonds. The summed E-state index contributed by atoms with van der Waals surface area (Å²) in [7, 11) is 0. The molecule has 0 saturated carbocycles. The Morgan fingerprint density at radius 3 is 2.67 bits per heavy atom. The number of rotatable bonds is 0. The maximum absolute atomic E-state index is 11.6. The predicted molar refractivity (Wildman–Crippen MR) is 61.2 cm³/mol. The van der Waals surface area contributed by atoms with E-state index in [1.807, 2.05) is 42.6 Å². The van der Waals surface area contributed by atoms with E-state index in [-0.39, 0.29) is 5.56 Å². The number of pyridine rings is 2. The minimum Gasteiger partial charge on any atom is -0.284 e. The van der Waals surface area contributed by atoms with Gasteiger partial charge in [-0.2, -0.15) is 0 Å². The summed E-state index contributed by atoms with van der Waals surface area (Å²) in [6.07, 6.45) is 1.82. The molecule has 0 spiro atoms. The van der Waals surface area contributed by atoms with Crippen LogP contribution in [0.25, 0.3) is 16.3 Å².